The fourth-order valence-electron chi connectivity index (χ4n) is 6.30. The van der Waals surface area contributed by atoms with Gasteiger partial charge in [-0.05, 0) is 51.0 Å². The molecule has 1 aromatic carbocycles. The smallest absolute Gasteiger partial charge is 0.219 e. The number of nitrogen functional groups attached to an aromatic ring is 1. The molecule has 210 valence electrons. The number of aromatic nitrogens is 5. The zero-order valence-corrected chi connectivity index (χ0v) is 23.4. The van der Waals surface area contributed by atoms with Crippen molar-refractivity contribution in [1.82, 2.24) is 29.3 Å². The quantitative estimate of drug-likeness (QED) is 0.405. The van der Waals surface area contributed by atoms with Gasteiger partial charge in [-0.3, -0.25) is 9.48 Å². The molecule has 2 unspecified atom stereocenters. The van der Waals surface area contributed by atoms with E-state index in [1.54, 1.807) is 14.0 Å². The highest BCUT2D eigenvalue weighted by atomic mass is 16.5. The van der Waals surface area contributed by atoms with Gasteiger partial charge in [-0.1, -0.05) is 0 Å². The zero-order valence-electron chi connectivity index (χ0n) is 23.4. The molecule has 2 fully saturated rings. The van der Waals surface area contributed by atoms with Crippen molar-refractivity contribution in [2.75, 3.05) is 44.0 Å². The Bertz CT molecular complexity index is 1530. The molecule has 2 atom stereocenters. The van der Waals surface area contributed by atoms with E-state index in [1.165, 1.54) is 6.33 Å². The lowest BCUT2D eigenvalue weighted by Gasteiger charge is -2.45. The van der Waals surface area contributed by atoms with Crippen molar-refractivity contribution in [2.24, 2.45) is 0 Å². The number of fused-ring (bicyclic) bond motifs is 1. The molecule has 2 N–H and O–H groups in total. The first-order valence-corrected chi connectivity index (χ1v) is 13.8. The highest BCUT2D eigenvalue weighted by Gasteiger charge is 2.32. The molecule has 11 nitrogen and oxygen atoms in total. The van der Waals surface area contributed by atoms with Gasteiger partial charge in [0.15, 0.2) is 5.82 Å². The Morgan fingerprint density at radius 3 is 2.50 bits per heavy atom. The number of carbonyl (C=O) groups excluding carboxylic acids is 1. The number of rotatable bonds is 5. The fraction of sp³-hybridized carbons (Fsp3) is 0.448. The molecule has 1 amide bonds. The molecule has 0 saturated carbocycles. The summed E-state index contributed by atoms with van der Waals surface area (Å²) in [5.41, 5.74) is 12.0. The van der Waals surface area contributed by atoms with Gasteiger partial charge >= 0.3 is 0 Å². The molecule has 0 bridgehead atoms. The number of hydrogen-bond acceptors (Lipinski definition) is 8. The van der Waals surface area contributed by atoms with Crippen LogP contribution in [0.15, 0.2) is 42.9 Å². The first-order valence-electron chi connectivity index (χ1n) is 13.8. The van der Waals surface area contributed by atoms with Crippen LogP contribution in [-0.2, 0) is 9.53 Å². The van der Waals surface area contributed by atoms with Gasteiger partial charge in [-0.15, -0.1) is 0 Å². The number of nitrogens with two attached hydrogens (primary N) is 1. The van der Waals surface area contributed by atoms with Crippen molar-refractivity contribution in [2.45, 2.75) is 51.7 Å². The van der Waals surface area contributed by atoms with Crippen LogP contribution in [0.1, 0.15) is 39.7 Å². The maximum absolute atomic E-state index is 12.1. The Hall–Kier alpha value is -4.12. The monoisotopic (exact) mass is 544 g/mol. The lowest BCUT2D eigenvalue weighted by atomic mass is 10.0. The minimum absolute atomic E-state index is 0.106. The van der Waals surface area contributed by atoms with Crippen LogP contribution in [0, 0.1) is 0 Å². The average Bonchev–Trinajstić information content (AvgIpc) is 3.59. The van der Waals surface area contributed by atoms with E-state index in [9.17, 15) is 4.79 Å². The molecule has 5 heterocycles. The van der Waals surface area contributed by atoms with E-state index in [0.717, 1.165) is 65.5 Å². The Morgan fingerprint density at radius 2 is 1.80 bits per heavy atom. The van der Waals surface area contributed by atoms with Crippen molar-refractivity contribution in [3.63, 3.8) is 0 Å². The Kier molecular flexibility index (Phi) is 6.83. The van der Waals surface area contributed by atoms with Crippen molar-refractivity contribution < 1.29 is 14.3 Å². The number of benzene rings is 1. The normalized spacial score (nSPS) is 20.3. The van der Waals surface area contributed by atoms with E-state index >= 15 is 0 Å². The fourth-order valence-corrected chi connectivity index (χ4v) is 6.30. The van der Waals surface area contributed by atoms with Gasteiger partial charge in [0.2, 0.25) is 5.91 Å². The van der Waals surface area contributed by atoms with Gasteiger partial charge in [-0.2, -0.15) is 10.2 Å². The second kappa shape index (κ2) is 10.5. The van der Waals surface area contributed by atoms with Crippen LogP contribution in [0.25, 0.3) is 28.0 Å². The topological polar surface area (TPSA) is 116 Å². The van der Waals surface area contributed by atoms with Crippen LogP contribution in [0.5, 0.6) is 5.75 Å². The van der Waals surface area contributed by atoms with Crippen LogP contribution in [-0.4, -0.2) is 80.7 Å². The summed E-state index contributed by atoms with van der Waals surface area (Å²) >= 11 is 0. The molecule has 2 aliphatic heterocycles. The number of anilines is 2. The van der Waals surface area contributed by atoms with Gasteiger partial charge in [0.25, 0.3) is 0 Å². The molecule has 0 radical (unpaired) electrons. The molecule has 3 aromatic heterocycles. The molecule has 2 saturated heterocycles. The van der Waals surface area contributed by atoms with Gasteiger partial charge in [-0.25, -0.2) is 9.50 Å². The lowest BCUT2D eigenvalue weighted by molar-refractivity contribution is -0.130. The van der Waals surface area contributed by atoms with Crippen molar-refractivity contribution in [3.05, 3.63) is 42.9 Å². The third-order valence-corrected chi connectivity index (χ3v) is 8.15. The molecule has 4 aromatic rings. The molecule has 2 aliphatic rings. The summed E-state index contributed by atoms with van der Waals surface area (Å²) in [5.74, 6) is 1.25. The van der Waals surface area contributed by atoms with E-state index < -0.39 is 0 Å². The molecule has 6 rings (SSSR count). The van der Waals surface area contributed by atoms with Gasteiger partial charge in [0, 0.05) is 74.4 Å². The molecule has 40 heavy (non-hydrogen) atoms. The summed E-state index contributed by atoms with van der Waals surface area (Å²) in [5, 5.41) is 9.31. The van der Waals surface area contributed by atoms with Crippen LogP contribution < -0.4 is 15.4 Å². The summed E-state index contributed by atoms with van der Waals surface area (Å²) in [6.07, 6.45) is 5.14. The number of methoxy groups -OCH3 is 1. The Morgan fingerprint density at radius 1 is 1.05 bits per heavy atom. The SMILES string of the molecule is COc1cc(-c2cc(-c3ccnn3C3CCOCC3)c3c(N)ncnn23)cc(N2C(C)CN(C(C)=O)CC2C)c1. The number of hydrogen-bond donors (Lipinski definition) is 1. The Labute approximate surface area is 233 Å². The van der Waals surface area contributed by atoms with Crippen LogP contribution >= 0.6 is 0 Å². The second-order valence-electron chi connectivity index (χ2n) is 10.8. The van der Waals surface area contributed by atoms with E-state index in [1.807, 2.05) is 27.7 Å². The molecule has 0 aliphatic carbocycles. The van der Waals surface area contributed by atoms with Crippen molar-refractivity contribution in [1.29, 1.82) is 0 Å². The third-order valence-electron chi connectivity index (χ3n) is 8.15. The number of amides is 1. The number of carbonyl (C=O) groups is 1. The first kappa shape index (κ1) is 26.1. The van der Waals surface area contributed by atoms with Crippen LogP contribution in [0.4, 0.5) is 11.5 Å². The molecule has 0 spiro atoms. The second-order valence-corrected chi connectivity index (χ2v) is 10.8. The predicted molar refractivity (Wildman–Crippen MR) is 153 cm³/mol. The highest BCUT2D eigenvalue weighted by Crippen LogP contribution is 2.39. The predicted octanol–water partition coefficient (Wildman–Crippen LogP) is 3.65. The maximum Gasteiger partial charge on any atom is 0.219 e. The number of piperazine rings is 1. The van der Waals surface area contributed by atoms with Gasteiger partial charge in [0.05, 0.1) is 24.5 Å². The van der Waals surface area contributed by atoms with Crippen molar-refractivity contribution >= 4 is 22.9 Å². The standard InChI is InChI=1S/C29H36N8O3/c1-18-15-34(20(3)38)16-19(2)35(18)23-11-21(12-24(13-23)39-4)27-14-25(28-29(30)31-17-33-37(27)28)26-5-8-32-36(26)22-6-9-40-10-7-22/h5,8,11-14,17-19,22H,6-7,9-10,15-16H2,1-4H3,(H2,30,31,33). The molecule has 11 heteroatoms. The third kappa shape index (κ3) is 4.53. The van der Waals surface area contributed by atoms with Gasteiger partial charge in [0.1, 0.15) is 17.6 Å². The number of nitrogens with zero attached hydrogens (tertiary/aromatic N) is 7. The summed E-state index contributed by atoms with van der Waals surface area (Å²) in [6.45, 7) is 8.73. The van der Waals surface area contributed by atoms with Crippen LogP contribution in [0.2, 0.25) is 0 Å². The first-order chi connectivity index (χ1) is 19.4. The highest BCUT2D eigenvalue weighted by molar-refractivity contribution is 5.91. The summed E-state index contributed by atoms with van der Waals surface area (Å²) < 4.78 is 15.3. The average molecular weight is 545 g/mol. The van der Waals surface area contributed by atoms with E-state index in [0.29, 0.717) is 18.9 Å². The number of ether oxygens (including phenoxy) is 2. The van der Waals surface area contributed by atoms with E-state index in [-0.39, 0.29) is 24.0 Å². The minimum atomic E-state index is 0.106. The van der Waals surface area contributed by atoms with Crippen molar-refractivity contribution in [3.8, 4) is 28.3 Å². The van der Waals surface area contributed by atoms with Gasteiger partial charge < -0.3 is 25.0 Å². The Balaban J connectivity index is 1.47. The van der Waals surface area contributed by atoms with Crippen LogP contribution in [0.3, 0.4) is 0 Å². The maximum atomic E-state index is 12.1. The zero-order chi connectivity index (χ0) is 28.0. The minimum Gasteiger partial charge on any atom is -0.497 e. The van der Waals surface area contributed by atoms with E-state index in [2.05, 4.69) is 56.8 Å². The summed E-state index contributed by atoms with van der Waals surface area (Å²) in [4.78, 5) is 20.7. The van der Waals surface area contributed by atoms with E-state index in [4.69, 9.17) is 15.2 Å². The lowest BCUT2D eigenvalue weighted by Crippen LogP contribution is -2.58. The summed E-state index contributed by atoms with van der Waals surface area (Å²) in [6, 6.07) is 10.9. The summed E-state index contributed by atoms with van der Waals surface area (Å²) in [7, 11) is 1.68. The molecular formula is C29H36N8O3. The molecular weight excluding hydrogens is 508 g/mol. The largest absolute Gasteiger partial charge is 0.497 e.